The van der Waals surface area contributed by atoms with Crippen molar-refractivity contribution in [3.05, 3.63) is 58.6 Å². The van der Waals surface area contributed by atoms with E-state index in [9.17, 15) is 9.59 Å². The number of hydrogen-bond acceptors (Lipinski definition) is 4. The van der Waals surface area contributed by atoms with Crippen LogP contribution in [-0.4, -0.2) is 12.0 Å². The number of quaternary nitrogens is 1. The number of halogens is 2. The van der Waals surface area contributed by atoms with E-state index in [0.29, 0.717) is 46.7 Å². The van der Waals surface area contributed by atoms with Gasteiger partial charge in [-0.3, -0.25) is 4.79 Å². The molecule has 6 nitrogen and oxygen atoms in total. The highest BCUT2D eigenvalue weighted by Crippen LogP contribution is 2.28. The van der Waals surface area contributed by atoms with Gasteiger partial charge in [-0.2, -0.15) is 0 Å². The number of rotatable bonds is 7. The number of H-pyrrole nitrogens is 1. The first-order valence-electron chi connectivity index (χ1n) is 10.0. The number of aromatic nitrogens is 1. The summed E-state index contributed by atoms with van der Waals surface area (Å²) in [4.78, 5) is 28.6. The molecule has 0 spiro atoms. The summed E-state index contributed by atoms with van der Waals surface area (Å²) in [6.07, 6.45) is 5.39. The maximum absolute atomic E-state index is 13.1. The van der Waals surface area contributed by atoms with Crippen molar-refractivity contribution in [2.24, 2.45) is 5.92 Å². The lowest BCUT2D eigenvalue weighted by molar-refractivity contribution is -0.409. The van der Waals surface area contributed by atoms with Crippen LogP contribution in [0.1, 0.15) is 39.2 Å². The second kappa shape index (κ2) is 11.8. The molecular weight excluding hydrogens is 439 g/mol. The normalized spacial score (nSPS) is 11.5. The van der Waals surface area contributed by atoms with Crippen molar-refractivity contribution in [1.82, 2.24) is 0 Å². The molecule has 4 N–H and O–H groups in total. The molecule has 1 aromatic carbocycles. The van der Waals surface area contributed by atoms with Crippen molar-refractivity contribution in [1.29, 1.82) is 0 Å². The van der Waals surface area contributed by atoms with Gasteiger partial charge in [-0.05, 0) is 30.0 Å². The van der Waals surface area contributed by atoms with E-state index in [2.05, 4.69) is 10.7 Å². The van der Waals surface area contributed by atoms with Gasteiger partial charge in [0, 0.05) is 24.6 Å². The Labute approximate surface area is 194 Å². The van der Waals surface area contributed by atoms with Gasteiger partial charge in [0.15, 0.2) is 12.2 Å². The number of nitrogens with one attached hydrogen (secondary N) is 1. The van der Waals surface area contributed by atoms with Gasteiger partial charge in [0.25, 0.3) is 0 Å². The summed E-state index contributed by atoms with van der Waals surface area (Å²) < 4.78 is 11.4. The number of carbonyl (C=O) groups is 1. The number of aromatic amines is 1. The summed E-state index contributed by atoms with van der Waals surface area (Å²) >= 11 is 0. The number of hydrogen-bond donors (Lipinski definition) is 1. The summed E-state index contributed by atoms with van der Waals surface area (Å²) in [5, 5.41) is 0.469. The van der Waals surface area contributed by atoms with Crippen molar-refractivity contribution in [2.75, 3.05) is 0 Å². The summed E-state index contributed by atoms with van der Waals surface area (Å²) in [6, 6.07) is 8.50. The van der Waals surface area contributed by atoms with Crippen LogP contribution < -0.4 is 45.7 Å². The lowest BCUT2D eigenvalue weighted by Crippen LogP contribution is -3.00. The first-order chi connectivity index (χ1) is 13.9. The number of benzene rings is 1. The standard InChI is InChI=1S/C23H26N2O4.2ClH/c1-4-7-15-11-16-21(12-20(15)29-23(27)18(24)10-14(2)3)28-13-17(22(16)26)19-8-5-6-9-25-19;;/h5-6,8-9,11-14,18H,4,7,10,24H2,1-3H3;2*1H/t18-;;/m1../s1. The summed E-state index contributed by atoms with van der Waals surface area (Å²) in [7, 11) is 0. The number of esters is 1. The van der Waals surface area contributed by atoms with Gasteiger partial charge in [0.1, 0.15) is 23.2 Å². The third-order valence-corrected chi connectivity index (χ3v) is 4.77. The van der Waals surface area contributed by atoms with Crippen molar-refractivity contribution < 1.29 is 49.5 Å². The number of ether oxygens (including phenoxy) is 1. The van der Waals surface area contributed by atoms with Crippen LogP contribution in [0.4, 0.5) is 0 Å². The number of pyridine rings is 1. The van der Waals surface area contributed by atoms with Gasteiger partial charge < -0.3 is 39.7 Å². The average molecular weight is 467 g/mol. The van der Waals surface area contributed by atoms with Crippen molar-refractivity contribution >= 4 is 16.9 Å². The molecule has 0 amide bonds. The number of carbonyl (C=O) groups excluding carboxylic acids is 1. The maximum atomic E-state index is 13.1. The summed E-state index contributed by atoms with van der Waals surface area (Å²) in [5.41, 5.74) is 6.14. The SMILES string of the molecule is CCCc1cc2c(=O)c(-c3cccc[nH+]3)coc2cc1OC(=O)[C@H]([NH3+])CC(C)C.[Cl-].[Cl-]. The monoisotopic (exact) mass is 466 g/mol. The van der Waals surface area contributed by atoms with Gasteiger partial charge in [-0.1, -0.05) is 27.2 Å². The van der Waals surface area contributed by atoms with Crippen molar-refractivity contribution in [3.8, 4) is 17.0 Å². The van der Waals surface area contributed by atoms with Crippen LogP contribution in [0.5, 0.6) is 5.75 Å². The molecule has 0 saturated carbocycles. The Morgan fingerprint density at radius 2 is 1.97 bits per heavy atom. The molecule has 8 heteroatoms. The van der Waals surface area contributed by atoms with E-state index < -0.39 is 6.04 Å². The van der Waals surface area contributed by atoms with Crippen LogP contribution in [0.2, 0.25) is 0 Å². The van der Waals surface area contributed by atoms with Crippen LogP contribution in [0.15, 0.2) is 52.0 Å². The van der Waals surface area contributed by atoms with E-state index in [1.807, 2.05) is 39.0 Å². The van der Waals surface area contributed by atoms with Crippen molar-refractivity contribution in [2.45, 2.75) is 46.1 Å². The van der Waals surface area contributed by atoms with Crippen LogP contribution in [0, 0.1) is 5.92 Å². The fourth-order valence-corrected chi connectivity index (χ4v) is 3.37. The zero-order valence-electron chi connectivity index (χ0n) is 17.9. The van der Waals surface area contributed by atoms with Gasteiger partial charge in [-0.25, -0.2) is 9.78 Å². The minimum Gasteiger partial charge on any atom is -1.00 e. The molecule has 2 aromatic heterocycles. The molecule has 0 bridgehead atoms. The van der Waals surface area contributed by atoms with Gasteiger partial charge in [-0.15, -0.1) is 0 Å². The molecule has 2 heterocycles. The molecular formula is C23H28Cl2N2O4. The summed E-state index contributed by atoms with van der Waals surface area (Å²) in [5.74, 6) is 0.417. The van der Waals surface area contributed by atoms with Crippen LogP contribution in [0.25, 0.3) is 22.2 Å². The quantitative estimate of drug-likeness (QED) is 0.292. The van der Waals surface area contributed by atoms with Gasteiger partial charge in [0.2, 0.25) is 11.1 Å². The largest absolute Gasteiger partial charge is 1.00 e. The van der Waals surface area contributed by atoms with Crippen LogP contribution in [-0.2, 0) is 11.2 Å². The molecule has 168 valence electrons. The minimum atomic E-state index is -0.442. The third kappa shape index (κ3) is 6.29. The van der Waals surface area contributed by atoms with Crippen LogP contribution >= 0.6 is 0 Å². The Bertz CT molecular complexity index is 1070. The lowest BCUT2D eigenvalue weighted by Gasteiger charge is -2.14. The topological polar surface area (TPSA) is 98.3 Å². The third-order valence-electron chi connectivity index (χ3n) is 4.77. The Morgan fingerprint density at radius 3 is 2.58 bits per heavy atom. The highest BCUT2D eigenvalue weighted by Gasteiger charge is 2.23. The molecule has 3 rings (SSSR count). The second-order valence-electron chi connectivity index (χ2n) is 7.71. The highest BCUT2D eigenvalue weighted by atomic mass is 35.5. The average Bonchev–Trinajstić information content (AvgIpc) is 2.69. The smallest absolute Gasteiger partial charge is 0.370 e. The molecule has 0 aliphatic heterocycles. The van der Waals surface area contributed by atoms with Gasteiger partial charge >= 0.3 is 5.97 Å². The maximum Gasteiger partial charge on any atom is 0.370 e. The molecule has 0 aliphatic carbocycles. The minimum absolute atomic E-state index is 0. The van der Waals surface area contributed by atoms with Crippen LogP contribution in [0.3, 0.4) is 0 Å². The van der Waals surface area contributed by atoms with E-state index >= 15 is 0 Å². The molecule has 0 radical (unpaired) electrons. The molecule has 31 heavy (non-hydrogen) atoms. The van der Waals surface area contributed by atoms with Crippen molar-refractivity contribution in [3.63, 3.8) is 0 Å². The van der Waals surface area contributed by atoms with Gasteiger partial charge in [0.05, 0.1) is 5.39 Å². The second-order valence-corrected chi connectivity index (χ2v) is 7.71. The highest BCUT2D eigenvalue weighted by molar-refractivity contribution is 5.84. The zero-order valence-corrected chi connectivity index (χ0v) is 19.4. The van der Waals surface area contributed by atoms with E-state index in [0.717, 1.165) is 12.0 Å². The Morgan fingerprint density at radius 1 is 1.23 bits per heavy atom. The molecule has 3 aromatic rings. The lowest BCUT2D eigenvalue weighted by atomic mass is 10.0. The van der Waals surface area contributed by atoms with E-state index in [1.54, 1.807) is 18.3 Å². The Hall–Kier alpha value is -2.41. The van der Waals surface area contributed by atoms with E-state index in [-0.39, 0.29) is 36.2 Å². The fourth-order valence-electron chi connectivity index (χ4n) is 3.37. The number of fused-ring (bicyclic) bond motifs is 1. The summed E-state index contributed by atoms with van der Waals surface area (Å²) in [6.45, 7) is 6.12. The molecule has 1 atom stereocenters. The first kappa shape index (κ1) is 26.6. The molecule has 0 fully saturated rings. The number of aryl methyl sites for hydroxylation is 1. The molecule has 0 aliphatic rings. The Kier molecular flexibility index (Phi) is 10.2. The molecule has 0 unspecified atom stereocenters. The predicted octanol–water partition coefficient (Wildman–Crippen LogP) is -3.20. The molecule has 0 saturated heterocycles. The predicted molar refractivity (Wildman–Crippen MR) is 110 cm³/mol. The fraction of sp³-hybridized carbons (Fsp3) is 0.348. The first-order valence-corrected chi connectivity index (χ1v) is 10.0. The van der Waals surface area contributed by atoms with E-state index in [1.165, 1.54) is 6.26 Å². The van der Waals surface area contributed by atoms with E-state index in [4.69, 9.17) is 9.15 Å². The zero-order chi connectivity index (χ0) is 21.0. The Balaban J connectivity index is 0.00000240.